The highest BCUT2D eigenvalue weighted by Gasteiger charge is 2.03. The van der Waals surface area contributed by atoms with E-state index in [2.05, 4.69) is 6.92 Å². The first-order chi connectivity index (χ1) is 5.31. The Balaban J connectivity index is 3.02. The summed E-state index contributed by atoms with van der Waals surface area (Å²) in [5, 5.41) is 8.45. The van der Waals surface area contributed by atoms with Gasteiger partial charge in [-0.05, 0) is 12.8 Å². The van der Waals surface area contributed by atoms with Crippen LogP contribution < -0.4 is 0 Å². The largest absolute Gasteiger partial charge is 0.616 e. The van der Waals surface area contributed by atoms with Gasteiger partial charge >= 0.3 is 0 Å². The molecule has 0 heterocycles. The van der Waals surface area contributed by atoms with Crippen LogP contribution in [-0.4, -0.2) is 27.8 Å². The molecule has 1 atom stereocenters. The Kier molecular flexibility index (Phi) is 8.57. The molecule has 3 heteroatoms. The minimum absolute atomic E-state index is 0.166. The summed E-state index contributed by atoms with van der Waals surface area (Å²) in [6, 6.07) is 0. The molecule has 0 bridgehead atoms. The van der Waals surface area contributed by atoms with Crippen LogP contribution in [0.3, 0.4) is 0 Å². The molecule has 0 aliphatic heterocycles. The first kappa shape index (κ1) is 11.3. The van der Waals surface area contributed by atoms with E-state index in [-0.39, 0.29) is 6.61 Å². The fraction of sp³-hybridized carbons (Fsp3) is 1.00. The van der Waals surface area contributed by atoms with Gasteiger partial charge in [-0.2, -0.15) is 0 Å². The standard InChI is InChI=1S/C8H18O2S/c1-2-3-4-7-11(10)8-5-6-9/h9H,2-8H2,1H3. The van der Waals surface area contributed by atoms with E-state index in [1.54, 1.807) is 0 Å². The molecule has 0 saturated heterocycles. The van der Waals surface area contributed by atoms with Gasteiger partial charge in [0.15, 0.2) is 0 Å². The van der Waals surface area contributed by atoms with E-state index in [1.165, 1.54) is 12.8 Å². The van der Waals surface area contributed by atoms with Gasteiger partial charge in [0.25, 0.3) is 0 Å². The van der Waals surface area contributed by atoms with Crippen molar-refractivity contribution >= 4 is 11.2 Å². The molecule has 68 valence electrons. The van der Waals surface area contributed by atoms with Crippen LogP contribution in [0.15, 0.2) is 0 Å². The SMILES string of the molecule is CCCCC[S+]([O-])CCCO. The summed E-state index contributed by atoms with van der Waals surface area (Å²) in [6.07, 6.45) is 4.09. The topological polar surface area (TPSA) is 43.3 Å². The number of hydrogen-bond donors (Lipinski definition) is 1. The van der Waals surface area contributed by atoms with Crippen molar-refractivity contribution in [3.63, 3.8) is 0 Å². The van der Waals surface area contributed by atoms with Crippen LogP contribution >= 0.6 is 0 Å². The summed E-state index contributed by atoms with van der Waals surface area (Å²) in [7, 11) is 0. The van der Waals surface area contributed by atoms with E-state index in [4.69, 9.17) is 5.11 Å². The number of hydrogen-bond acceptors (Lipinski definition) is 2. The molecular formula is C8H18O2S. The summed E-state index contributed by atoms with van der Waals surface area (Å²) >= 11 is -0.681. The third kappa shape index (κ3) is 8.17. The molecule has 0 saturated carbocycles. The lowest BCUT2D eigenvalue weighted by Gasteiger charge is -2.09. The first-order valence-electron chi connectivity index (χ1n) is 4.27. The molecule has 0 amide bonds. The average Bonchev–Trinajstić information content (AvgIpc) is 2.01. The predicted molar refractivity (Wildman–Crippen MR) is 49.1 cm³/mol. The second kappa shape index (κ2) is 8.37. The van der Waals surface area contributed by atoms with E-state index in [0.717, 1.165) is 12.2 Å². The maximum absolute atomic E-state index is 11.1. The van der Waals surface area contributed by atoms with Crippen molar-refractivity contribution in [2.24, 2.45) is 0 Å². The molecular weight excluding hydrogens is 160 g/mol. The zero-order chi connectivity index (χ0) is 8.53. The highest BCUT2D eigenvalue weighted by atomic mass is 32.2. The van der Waals surface area contributed by atoms with E-state index in [1.807, 2.05) is 0 Å². The third-order valence-corrected chi connectivity index (χ3v) is 2.99. The molecule has 0 rings (SSSR count). The Morgan fingerprint density at radius 2 is 1.82 bits per heavy atom. The van der Waals surface area contributed by atoms with Crippen LogP contribution in [0.1, 0.15) is 32.6 Å². The molecule has 0 fully saturated rings. The van der Waals surface area contributed by atoms with Crippen LogP contribution in [0.4, 0.5) is 0 Å². The quantitative estimate of drug-likeness (QED) is 0.472. The Bertz CT molecular complexity index is 78.5. The summed E-state index contributed by atoms with van der Waals surface area (Å²) in [5.74, 6) is 1.48. The Morgan fingerprint density at radius 3 is 2.36 bits per heavy atom. The zero-order valence-electron chi connectivity index (χ0n) is 7.21. The summed E-state index contributed by atoms with van der Waals surface area (Å²) in [5.41, 5.74) is 0. The van der Waals surface area contributed by atoms with E-state index in [9.17, 15) is 4.55 Å². The molecule has 0 spiro atoms. The molecule has 0 radical (unpaired) electrons. The number of aliphatic hydroxyl groups is 1. The third-order valence-electron chi connectivity index (χ3n) is 1.51. The molecule has 0 aromatic heterocycles. The summed E-state index contributed by atoms with van der Waals surface area (Å²) < 4.78 is 11.1. The van der Waals surface area contributed by atoms with Crippen molar-refractivity contribution in [1.29, 1.82) is 0 Å². The Morgan fingerprint density at radius 1 is 1.18 bits per heavy atom. The highest BCUT2D eigenvalue weighted by Crippen LogP contribution is 2.01. The minimum atomic E-state index is -0.681. The van der Waals surface area contributed by atoms with Gasteiger partial charge in [0.05, 0.1) is 0 Å². The van der Waals surface area contributed by atoms with E-state index < -0.39 is 11.2 Å². The molecule has 11 heavy (non-hydrogen) atoms. The smallest absolute Gasteiger partial charge is 0.107 e. The molecule has 1 unspecified atom stereocenters. The predicted octanol–water partition coefficient (Wildman–Crippen LogP) is 1.31. The minimum Gasteiger partial charge on any atom is -0.616 e. The second-order valence-electron chi connectivity index (χ2n) is 2.63. The number of aliphatic hydroxyl groups excluding tert-OH is 1. The van der Waals surface area contributed by atoms with Crippen molar-refractivity contribution in [2.75, 3.05) is 18.1 Å². The Hall–Kier alpha value is 0.270. The van der Waals surface area contributed by atoms with Crippen molar-refractivity contribution in [3.8, 4) is 0 Å². The van der Waals surface area contributed by atoms with Gasteiger partial charge in [-0.15, -0.1) is 0 Å². The van der Waals surface area contributed by atoms with E-state index in [0.29, 0.717) is 12.2 Å². The van der Waals surface area contributed by atoms with Gasteiger partial charge in [-0.1, -0.05) is 24.5 Å². The number of rotatable bonds is 7. The lowest BCUT2D eigenvalue weighted by Crippen LogP contribution is -2.12. The van der Waals surface area contributed by atoms with Crippen molar-refractivity contribution < 1.29 is 9.66 Å². The van der Waals surface area contributed by atoms with Gasteiger partial charge in [0, 0.05) is 13.0 Å². The van der Waals surface area contributed by atoms with Crippen LogP contribution in [0, 0.1) is 0 Å². The first-order valence-corrected chi connectivity index (χ1v) is 5.76. The maximum Gasteiger partial charge on any atom is 0.107 e. The summed E-state index contributed by atoms with van der Waals surface area (Å²) in [6.45, 7) is 2.30. The zero-order valence-corrected chi connectivity index (χ0v) is 8.03. The lowest BCUT2D eigenvalue weighted by atomic mass is 10.3. The van der Waals surface area contributed by atoms with E-state index >= 15 is 0 Å². The van der Waals surface area contributed by atoms with Gasteiger partial charge in [0.2, 0.25) is 0 Å². The number of unbranched alkanes of at least 4 members (excludes halogenated alkanes) is 2. The van der Waals surface area contributed by atoms with Gasteiger partial charge in [0.1, 0.15) is 11.5 Å². The van der Waals surface area contributed by atoms with Gasteiger partial charge < -0.3 is 9.66 Å². The van der Waals surface area contributed by atoms with Crippen molar-refractivity contribution in [3.05, 3.63) is 0 Å². The molecule has 2 nitrogen and oxygen atoms in total. The van der Waals surface area contributed by atoms with Crippen LogP contribution in [0.5, 0.6) is 0 Å². The normalized spacial score (nSPS) is 13.4. The average molecular weight is 178 g/mol. The van der Waals surface area contributed by atoms with Crippen LogP contribution in [0.25, 0.3) is 0 Å². The monoisotopic (exact) mass is 178 g/mol. The summed E-state index contributed by atoms with van der Waals surface area (Å²) in [4.78, 5) is 0. The fourth-order valence-electron chi connectivity index (χ4n) is 0.841. The van der Waals surface area contributed by atoms with Crippen LogP contribution in [0.2, 0.25) is 0 Å². The molecule has 1 N–H and O–H groups in total. The maximum atomic E-state index is 11.1. The second-order valence-corrected chi connectivity index (χ2v) is 4.33. The van der Waals surface area contributed by atoms with Crippen molar-refractivity contribution in [2.45, 2.75) is 32.6 Å². The molecule has 0 aromatic carbocycles. The van der Waals surface area contributed by atoms with Crippen molar-refractivity contribution in [1.82, 2.24) is 0 Å². The lowest BCUT2D eigenvalue weighted by molar-refractivity contribution is 0.295. The van der Waals surface area contributed by atoms with Gasteiger partial charge in [-0.3, -0.25) is 0 Å². The molecule has 0 aliphatic carbocycles. The van der Waals surface area contributed by atoms with Gasteiger partial charge in [-0.25, -0.2) is 0 Å². The fourth-order valence-corrected chi connectivity index (χ4v) is 2.02. The highest BCUT2D eigenvalue weighted by molar-refractivity contribution is 7.91. The van der Waals surface area contributed by atoms with Crippen LogP contribution in [-0.2, 0) is 11.2 Å². The molecule has 0 aliphatic rings. The molecule has 0 aromatic rings. The Labute approximate surface area is 72.2 Å².